The van der Waals surface area contributed by atoms with Crippen LogP contribution in [0.2, 0.25) is 0 Å². The summed E-state index contributed by atoms with van der Waals surface area (Å²) in [6.45, 7) is 4.84. The summed E-state index contributed by atoms with van der Waals surface area (Å²) in [7, 11) is -3.78. The van der Waals surface area contributed by atoms with Gasteiger partial charge in [0.15, 0.2) is 0 Å². The predicted molar refractivity (Wildman–Crippen MR) is 118 cm³/mol. The van der Waals surface area contributed by atoms with Gasteiger partial charge in [-0.2, -0.15) is 9.29 Å². The van der Waals surface area contributed by atoms with Crippen molar-refractivity contribution in [1.82, 2.24) is 14.4 Å². The van der Waals surface area contributed by atoms with Gasteiger partial charge in [-0.1, -0.05) is 43.3 Å². The Labute approximate surface area is 186 Å². The van der Waals surface area contributed by atoms with E-state index in [0.29, 0.717) is 30.6 Å². The number of rotatable bonds is 6. The van der Waals surface area contributed by atoms with Crippen LogP contribution in [0.4, 0.5) is 5.69 Å². The molecule has 1 aliphatic rings. The average molecular weight is 457 g/mol. The molecule has 1 atom stereocenters. The van der Waals surface area contributed by atoms with Crippen molar-refractivity contribution in [3.8, 4) is 11.4 Å². The Morgan fingerprint density at radius 2 is 1.81 bits per heavy atom. The number of nitro benzene ring substituents is 1. The molecule has 0 saturated carbocycles. The highest BCUT2D eigenvalue weighted by atomic mass is 32.2. The van der Waals surface area contributed by atoms with Gasteiger partial charge in [0, 0.05) is 30.8 Å². The van der Waals surface area contributed by atoms with Gasteiger partial charge in [-0.15, -0.1) is 0 Å². The molecule has 0 bridgehead atoms. The van der Waals surface area contributed by atoms with Gasteiger partial charge in [0.1, 0.15) is 0 Å². The maximum absolute atomic E-state index is 13.0. The molecular weight excluding hydrogens is 432 g/mol. The zero-order chi connectivity index (χ0) is 22.9. The van der Waals surface area contributed by atoms with Crippen molar-refractivity contribution in [1.29, 1.82) is 0 Å². The maximum Gasteiger partial charge on any atom is 0.269 e. The summed E-state index contributed by atoms with van der Waals surface area (Å²) >= 11 is 0. The molecule has 0 aliphatic carbocycles. The van der Waals surface area contributed by atoms with Crippen LogP contribution in [0.15, 0.2) is 57.9 Å². The molecule has 0 N–H and O–H groups in total. The third-order valence-corrected chi connectivity index (χ3v) is 7.58. The van der Waals surface area contributed by atoms with Gasteiger partial charge in [-0.3, -0.25) is 10.1 Å². The lowest BCUT2D eigenvalue weighted by Crippen LogP contribution is -2.39. The van der Waals surface area contributed by atoms with Gasteiger partial charge < -0.3 is 4.52 Å². The van der Waals surface area contributed by atoms with E-state index in [2.05, 4.69) is 24.0 Å². The van der Waals surface area contributed by atoms with Crippen LogP contribution in [0.5, 0.6) is 0 Å². The summed E-state index contributed by atoms with van der Waals surface area (Å²) in [5.74, 6) is 1.10. The summed E-state index contributed by atoms with van der Waals surface area (Å²) in [5.41, 5.74) is 1.91. The molecule has 4 rings (SSSR count). The third-order valence-electron chi connectivity index (χ3n) is 5.70. The number of nitro groups is 1. The second-order valence-corrected chi connectivity index (χ2v) is 10.1. The fourth-order valence-electron chi connectivity index (χ4n) is 3.79. The van der Waals surface area contributed by atoms with Crippen LogP contribution in [0.3, 0.4) is 0 Å². The quantitative estimate of drug-likeness (QED) is 0.400. The number of sulfonamides is 1. The minimum atomic E-state index is -3.78. The van der Waals surface area contributed by atoms with E-state index in [4.69, 9.17) is 4.52 Å². The summed E-state index contributed by atoms with van der Waals surface area (Å²) < 4.78 is 33.0. The van der Waals surface area contributed by atoms with Gasteiger partial charge >= 0.3 is 0 Å². The molecule has 2 heterocycles. The fourth-order valence-corrected chi connectivity index (χ4v) is 5.31. The van der Waals surface area contributed by atoms with Crippen LogP contribution in [0.25, 0.3) is 11.4 Å². The van der Waals surface area contributed by atoms with Gasteiger partial charge in [-0.25, -0.2) is 8.42 Å². The highest BCUT2D eigenvalue weighted by Gasteiger charge is 2.33. The maximum atomic E-state index is 13.0. The summed E-state index contributed by atoms with van der Waals surface area (Å²) in [6, 6.07) is 12.9. The van der Waals surface area contributed by atoms with E-state index in [1.807, 2.05) is 24.3 Å². The van der Waals surface area contributed by atoms with Gasteiger partial charge in [0.25, 0.3) is 5.69 Å². The van der Waals surface area contributed by atoms with Crippen LogP contribution in [0, 0.1) is 10.1 Å². The first kappa shape index (κ1) is 22.1. The zero-order valence-electron chi connectivity index (χ0n) is 17.8. The molecule has 168 valence electrons. The van der Waals surface area contributed by atoms with E-state index in [-0.39, 0.29) is 23.0 Å². The number of piperidine rings is 1. The Kier molecular flexibility index (Phi) is 6.07. The summed E-state index contributed by atoms with van der Waals surface area (Å²) in [5, 5.41) is 14.9. The zero-order valence-corrected chi connectivity index (χ0v) is 18.7. The number of aromatic nitrogens is 2. The van der Waals surface area contributed by atoms with Gasteiger partial charge in [0.2, 0.25) is 21.7 Å². The van der Waals surface area contributed by atoms with E-state index in [1.54, 1.807) is 0 Å². The smallest absolute Gasteiger partial charge is 0.269 e. The van der Waals surface area contributed by atoms with Crippen molar-refractivity contribution in [3.05, 3.63) is 70.1 Å². The SMILES string of the molecule is CC(C)c1ccc(-c2noc([C@H]3CCCN(S(=O)(=O)c4ccc([N+](=O)[O-])cc4)C3)n2)cc1. The monoisotopic (exact) mass is 456 g/mol. The van der Waals surface area contributed by atoms with E-state index in [9.17, 15) is 18.5 Å². The lowest BCUT2D eigenvalue weighted by molar-refractivity contribution is -0.384. The summed E-state index contributed by atoms with van der Waals surface area (Å²) in [6.07, 6.45) is 1.39. The Morgan fingerprint density at radius 3 is 2.44 bits per heavy atom. The Hall–Kier alpha value is -3.11. The molecule has 0 spiro atoms. The van der Waals surface area contributed by atoms with Gasteiger partial charge in [0.05, 0.1) is 15.7 Å². The van der Waals surface area contributed by atoms with Crippen molar-refractivity contribution in [2.75, 3.05) is 13.1 Å². The largest absolute Gasteiger partial charge is 0.339 e. The van der Waals surface area contributed by atoms with Crippen LogP contribution < -0.4 is 0 Å². The molecule has 9 nitrogen and oxygen atoms in total. The second kappa shape index (κ2) is 8.79. The minimum Gasteiger partial charge on any atom is -0.339 e. The number of benzene rings is 2. The van der Waals surface area contributed by atoms with E-state index >= 15 is 0 Å². The predicted octanol–water partition coefficient (Wildman–Crippen LogP) is 4.34. The molecule has 10 heteroatoms. The van der Waals surface area contributed by atoms with E-state index in [0.717, 1.165) is 12.0 Å². The molecule has 2 aromatic carbocycles. The van der Waals surface area contributed by atoms with Crippen LogP contribution in [-0.4, -0.2) is 40.9 Å². The normalized spacial score (nSPS) is 17.5. The molecular formula is C22H24N4O5S. The highest BCUT2D eigenvalue weighted by Crippen LogP contribution is 2.31. The standard InChI is InChI=1S/C22H24N4O5S/c1-15(2)16-5-7-17(8-6-16)21-23-22(31-24-21)18-4-3-13-25(14-18)32(29,30)20-11-9-19(10-12-20)26(27)28/h5-12,15,18H,3-4,13-14H2,1-2H3/t18-/m0/s1. The van der Waals surface area contributed by atoms with Crippen LogP contribution in [-0.2, 0) is 10.0 Å². The fraction of sp³-hybridized carbons (Fsp3) is 0.364. The van der Waals surface area contributed by atoms with Crippen LogP contribution >= 0.6 is 0 Å². The average Bonchev–Trinajstić information content (AvgIpc) is 3.30. The first-order chi connectivity index (χ1) is 15.3. The molecule has 1 saturated heterocycles. The third kappa shape index (κ3) is 4.42. The number of hydrogen-bond acceptors (Lipinski definition) is 7. The Morgan fingerprint density at radius 1 is 1.12 bits per heavy atom. The lowest BCUT2D eigenvalue weighted by Gasteiger charge is -2.30. The van der Waals surface area contributed by atoms with Crippen molar-refractivity contribution in [2.45, 2.75) is 43.4 Å². The van der Waals surface area contributed by atoms with Gasteiger partial charge in [-0.05, 0) is 36.5 Å². The molecule has 1 fully saturated rings. The topological polar surface area (TPSA) is 119 Å². The lowest BCUT2D eigenvalue weighted by atomic mass is 9.99. The molecule has 1 aromatic heterocycles. The molecule has 0 radical (unpaired) electrons. The van der Waals surface area contributed by atoms with E-state index < -0.39 is 14.9 Å². The van der Waals surface area contributed by atoms with Crippen LogP contribution in [0.1, 0.15) is 50.0 Å². The summed E-state index contributed by atoms with van der Waals surface area (Å²) in [4.78, 5) is 14.8. The van der Waals surface area contributed by atoms with Crippen molar-refractivity contribution >= 4 is 15.7 Å². The minimum absolute atomic E-state index is 0.0280. The van der Waals surface area contributed by atoms with Crippen molar-refractivity contribution in [3.63, 3.8) is 0 Å². The Balaban J connectivity index is 1.51. The molecule has 3 aromatic rings. The first-order valence-corrected chi connectivity index (χ1v) is 11.9. The highest BCUT2D eigenvalue weighted by molar-refractivity contribution is 7.89. The number of non-ortho nitro benzene ring substituents is 1. The molecule has 0 unspecified atom stereocenters. The molecule has 32 heavy (non-hydrogen) atoms. The molecule has 1 aliphatic heterocycles. The second-order valence-electron chi connectivity index (χ2n) is 8.19. The number of hydrogen-bond donors (Lipinski definition) is 0. The van der Waals surface area contributed by atoms with Crippen molar-refractivity contribution < 1.29 is 17.9 Å². The van der Waals surface area contributed by atoms with E-state index in [1.165, 1.54) is 34.1 Å². The first-order valence-electron chi connectivity index (χ1n) is 10.4. The Bertz CT molecular complexity index is 1200. The number of nitrogens with zero attached hydrogens (tertiary/aromatic N) is 4. The molecule has 0 amide bonds. The van der Waals surface area contributed by atoms with Crippen molar-refractivity contribution in [2.24, 2.45) is 0 Å².